The number of rotatable bonds is 8. The second-order valence-corrected chi connectivity index (χ2v) is 5.11. The van der Waals surface area contributed by atoms with E-state index in [-0.39, 0.29) is 19.3 Å². The van der Waals surface area contributed by atoms with Gasteiger partial charge in [-0.05, 0) is 31.5 Å². The Labute approximate surface area is 130 Å². The van der Waals surface area contributed by atoms with E-state index in [0.29, 0.717) is 18.0 Å². The molecule has 1 aromatic carbocycles. The minimum atomic E-state index is -0.0198. The number of aliphatic hydroxyl groups excluding tert-OH is 1. The van der Waals surface area contributed by atoms with E-state index in [1.54, 1.807) is 7.11 Å². The van der Waals surface area contributed by atoms with Crippen molar-refractivity contribution in [1.29, 1.82) is 0 Å². The average molecular weight is 305 g/mol. The third-order valence-corrected chi connectivity index (χ3v) is 3.52. The third kappa shape index (κ3) is 3.99. The van der Waals surface area contributed by atoms with Crippen LogP contribution in [0, 0.1) is 6.92 Å². The molecule has 1 heterocycles. The second-order valence-electron chi connectivity index (χ2n) is 5.11. The summed E-state index contributed by atoms with van der Waals surface area (Å²) in [5.74, 6) is 1.30. The quantitative estimate of drug-likeness (QED) is 0.694. The minimum Gasteiger partial charge on any atom is -0.493 e. The third-order valence-electron chi connectivity index (χ3n) is 3.52. The fraction of sp³-hybridized carbons (Fsp3) is 0.438. The van der Waals surface area contributed by atoms with Gasteiger partial charge in [0.15, 0.2) is 11.5 Å². The number of aromatic amines is 1. The lowest BCUT2D eigenvalue weighted by Crippen LogP contribution is -2.18. The van der Waals surface area contributed by atoms with Crippen LogP contribution in [-0.2, 0) is 6.54 Å². The number of benzene rings is 1. The number of hydrogen-bond donors (Lipinski definition) is 3. The molecular formula is C16H23N3O3. The Morgan fingerprint density at radius 2 is 2.18 bits per heavy atom. The predicted molar refractivity (Wildman–Crippen MR) is 84.2 cm³/mol. The summed E-state index contributed by atoms with van der Waals surface area (Å²) in [6.45, 7) is 5.06. The molecule has 2 aromatic rings. The Kier molecular flexibility index (Phi) is 5.80. The summed E-state index contributed by atoms with van der Waals surface area (Å²) in [6.07, 6.45) is 1.85. The first kappa shape index (κ1) is 16.3. The van der Waals surface area contributed by atoms with E-state index in [2.05, 4.69) is 22.4 Å². The van der Waals surface area contributed by atoms with Crippen LogP contribution in [0.3, 0.4) is 0 Å². The number of ether oxygens (including phenoxy) is 2. The van der Waals surface area contributed by atoms with Gasteiger partial charge < -0.3 is 19.9 Å². The number of methoxy groups -OCH3 is 1. The Hall–Kier alpha value is -2.05. The molecule has 1 atom stereocenters. The molecule has 0 spiro atoms. The molecule has 6 nitrogen and oxygen atoms in total. The summed E-state index contributed by atoms with van der Waals surface area (Å²) >= 11 is 0. The molecule has 0 aliphatic rings. The highest BCUT2D eigenvalue weighted by molar-refractivity contribution is 5.43. The van der Waals surface area contributed by atoms with Crippen LogP contribution in [0.4, 0.5) is 0 Å². The van der Waals surface area contributed by atoms with Crippen molar-refractivity contribution in [3.8, 4) is 11.5 Å². The number of nitrogens with one attached hydrogen (secondary N) is 2. The van der Waals surface area contributed by atoms with Crippen molar-refractivity contribution in [2.24, 2.45) is 0 Å². The molecule has 0 amide bonds. The summed E-state index contributed by atoms with van der Waals surface area (Å²) in [6, 6.07) is 5.99. The fourth-order valence-corrected chi connectivity index (χ4v) is 2.27. The summed E-state index contributed by atoms with van der Waals surface area (Å²) in [7, 11) is 1.61. The zero-order valence-corrected chi connectivity index (χ0v) is 13.2. The standard InChI is InChI=1S/C16H23N3O3/c1-11(14-10-18-19-12(14)2)17-9-13-4-5-15(22-7-6-20)16(8-13)21-3/h4-5,8,10-11,17,20H,6-7,9H2,1-3H3,(H,18,19). The molecule has 0 aliphatic heterocycles. The maximum absolute atomic E-state index is 8.82. The molecule has 22 heavy (non-hydrogen) atoms. The van der Waals surface area contributed by atoms with Crippen molar-refractivity contribution in [2.75, 3.05) is 20.3 Å². The van der Waals surface area contributed by atoms with E-state index in [4.69, 9.17) is 14.6 Å². The van der Waals surface area contributed by atoms with E-state index in [1.165, 1.54) is 0 Å². The fourth-order valence-electron chi connectivity index (χ4n) is 2.27. The highest BCUT2D eigenvalue weighted by Crippen LogP contribution is 2.28. The lowest BCUT2D eigenvalue weighted by atomic mass is 10.1. The van der Waals surface area contributed by atoms with Crippen LogP contribution in [0.15, 0.2) is 24.4 Å². The van der Waals surface area contributed by atoms with Crippen molar-refractivity contribution in [3.63, 3.8) is 0 Å². The lowest BCUT2D eigenvalue weighted by Gasteiger charge is -2.15. The predicted octanol–water partition coefficient (Wildman–Crippen LogP) is 1.95. The van der Waals surface area contributed by atoms with Crippen LogP contribution in [0.1, 0.15) is 29.8 Å². The highest BCUT2D eigenvalue weighted by atomic mass is 16.5. The molecule has 0 saturated carbocycles. The van der Waals surface area contributed by atoms with Crippen molar-refractivity contribution in [3.05, 3.63) is 41.2 Å². The van der Waals surface area contributed by atoms with Gasteiger partial charge in [-0.15, -0.1) is 0 Å². The SMILES string of the molecule is COc1cc(CNC(C)c2cn[nH]c2C)ccc1OCCO. The zero-order valence-electron chi connectivity index (χ0n) is 13.2. The normalized spacial score (nSPS) is 12.2. The number of H-pyrrole nitrogens is 1. The van der Waals surface area contributed by atoms with Gasteiger partial charge in [0.25, 0.3) is 0 Å². The van der Waals surface area contributed by atoms with Crippen LogP contribution in [0.5, 0.6) is 11.5 Å². The molecule has 0 radical (unpaired) electrons. The van der Waals surface area contributed by atoms with Crippen LogP contribution in [0.25, 0.3) is 0 Å². The highest BCUT2D eigenvalue weighted by Gasteiger charge is 2.11. The maximum atomic E-state index is 8.82. The number of hydrogen-bond acceptors (Lipinski definition) is 5. The van der Waals surface area contributed by atoms with E-state index < -0.39 is 0 Å². The first-order chi connectivity index (χ1) is 10.7. The molecule has 2 rings (SSSR count). The molecule has 1 unspecified atom stereocenters. The van der Waals surface area contributed by atoms with E-state index >= 15 is 0 Å². The van der Waals surface area contributed by atoms with Gasteiger partial charge in [0.1, 0.15) is 6.61 Å². The molecule has 0 bridgehead atoms. The van der Waals surface area contributed by atoms with Gasteiger partial charge in [0.05, 0.1) is 19.9 Å². The minimum absolute atomic E-state index is 0.0198. The summed E-state index contributed by atoms with van der Waals surface area (Å²) < 4.78 is 10.8. The van der Waals surface area contributed by atoms with Crippen molar-refractivity contribution < 1.29 is 14.6 Å². The lowest BCUT2D eigenvalue weighted by molar-refractivity contribution is 0.196. The van der Waals surface area contributed by atoms with Crippen LogP contribution < -0.4 is 14.8 Å². The molecule has 0 aliphatic carbocycles. The zero-order chi connectivity index (χ0) is 15.9. The first-order valence-corrected chi connectivity index (χ1v) is 7.29. The summed E-state index contributed by atoms with van der Waals surface area (Å²) in [5.41, 5.74) is 3.33. The second kappa shape index (κ2) is 7.82. The van der Waals surface area contributed by atoms with Crippen molar-refractivity contribution in [2.45, 2.75) is 26.4 Å². The van der Waals surface area contributed by atoms with Gasteiger partial charge in [-0.25, -0.2) is 0 Å². The Bertz CT molecular complexity index is 598. The average Bonchev–Trinajstić information content (AvgIpc) is 2.97. The smallest absolute Gasteiger partial charge is 0.161 e. The van der Waals surface area contributed by atoms with E-state index in [9.17, 15) is 0 Å². The van der Waals surface area contributed by atoms with Gasteiger partial charge in [0, 0.05) is 23.8 Å². The monoisotopic (exact) mass is 305 g/mol. The molecular weight excluding hydrogens is 282 g/mol. The molecule has 6 heteroatoms. The number of aromatic nitrogens is 2. The maximum Gasteiger partial charge on any atom is 0.161 e. The Balaban J connectivity index is 1.99. The number of nitrogens with zero attached hydrogens (tertiary/aromatic N) is 1. The van der Waals surface area contributed by atoms with Gasteiger partial charge in [0.2, 0.25) is 0 Å². The molecule has 1 aromatic heterocycles. The van der Waals surface area contributed by atoms with Crippen molar-refractivity contribution in [1.82, 2.24) is 15.5 Å². The van der Waals surface area contributed by atoms with Crippen LogP contribution >= 0.6 is 0 Å². The van der Waals surface area contributed by atoms with Gasteiger partial charge >= 0.3 is 0 Å². The van der Waals surface area contributed by atoms with Gasteiger partial charge in [-0.1, -0.05) is 6.07 Å². The van der Waals surface area contributed by atoms with Gasteiger partial charge in [-0.3, -0.25) is 5.10 Å². The van der Waals surface area contributed by atoms with Gasteiger partial charge in [-0.2, -0.15) is 5.10 Å². The molecule has 0 fully saturated rings. The molecule has 0 saturated heterocycles. The summed E-state index contributed by atoms with van der Waals surface area (Å²) in [5, 5.41) is 19.3. The van der Waals surface area contributed by atoms with E-state index in [0.717, 1.165) is 16.8 Å². The Morgan fingerprint density at radius 3 is 2.82 bits per heavy atom. The van der Waals surface area contributed by atoms with Crippen LogP contribution in [0.2, 0.25) is 0 Å². The molecule has 120 valence electrons. The largest absolute Gasteiger partial charge is 0.493 e. The topological polar surface area (TPSA) is 79.4 Å². The van der Waals surface area contributed by atoms with Crippen molar-refractivity contribution >= 4 is 0 Å². The Morgan fingerprint density at radius 1 is 1.36 bits per heavy atom. The van der Waals surface area contributed by atoms with Crippen LogP contribution in [-0.4, -0.2) is 35.6 Å². The first-order valence-electron chi connectivity index (χ1n) is 7.29. The molecule has 3 N–H and O–H groups in total. The number of aliphatic hydroxyl groups is 1. The van der Waals surface area contributed by atoms with E-state index in [1.807, 2.05) is 31.3 Å². The number of aryl methyl sites for hydroxylation is 1. The summed E-state index contributed by atoms with van der Waals surface area (Å²) in [4.78, 5) is 0.